The van der Waals surface area contributed by atoms with E-state index in [2.05, 4.69) is 39.0 Å². The fourth-order valence-electron chi connectivity index (χ4n) is 4.18. The van der Waals surface area contributed by atoms with Crippen LogP contribution in [-0.2, 0) is 4.79 Å². The molecule has 0 bridgehead atoms. The van der Waals surface area contributed by atoms with Gasteiger partial charge in [0.25, 0.3) is 5.91 Å². The van der Waals surface area contributed by atoms with E-state index in [9.17, 15) is 9.59 Å². The van der Waals surface area contributed by atoms with Gasteiger partial charge in [0.2, 0.25) is 5.91 Å². The topological polar surface area (TPSA) is 58.4 Å². The summed E-state index contributed by atoms with van der Waals surface area (Å²) in [6.45, 7) is 10.3. The predicted molar refractivity (Wildman–Crippen MR) is 113 cm³/mol. The third-order valence-electron chi connectivity index (χ3n) is 5.93. The van der Waals surface area contributed by atoms with Gasteiger partial charge in [0, 0.05) is 39.0 Å². The molecule has 1 aliphatic heterocycles. The van der Waals surface area contributed by atoms with E-state index in [1.165, 1.54) is 5.56 Å². The number of benzene rings is 1. The molecular formula is C23H30N4O2. The Labute approximate surface area is 172 Å². The van der Waals surface area contributed by atoms with Crippen molar-refractivity contribution in [2.24, 2.45) is 0 Å². The summed E-state index contributed by atoms with van der Waals surface area (Å²) in [7, 11) is 0. The zero-order chi connectivity index (χ0) is 20.7. The van der Waals surface area contributed by atoms with Crippen LogP contribution in [0, 0.1) is 6.92 Å². The molecule has 0 radical (unpaired) electrons. The first-order chi connectivity index (χ1) is 13.9. The van der Waals surface area contributed by atoms with E-state index in [1.54, 1.807) is 6.92 Å². The van der Waals surface area contributed by atoms with Crippen molar-refractivity contribution in [2.75, 3.05) is 26.2 Å². The molecule has 154 valence electrons. The Morgan fingerprint density at radius 2 is 1.72 bits per heavy atom. The molecule has 1 saturated carbocycles. The molecule has 29 heavy (non-hydrogen) atoms. The number of piperazine rings is 1. The lowest BCUT2D eigenvalue weighted by molar-refractivity contribution is -0.130. The number of carbonyl (C=O) groups is 2. The minimum absolute atomic E-state index is 0.0673. The van der Waals surface area contributed by atoms with E-state index in [-0.39, 0.29) is 17.7 Å². The Hall–Kier alpha value is -2.63. The lowest BCUT2D eigenvalue weighted by atomic mass is 10.00. The van der Waals surface area contributed by atoms with Crippen LogP contribution < -0.4 is 0 Å². The Morgan fingerprint density at radius 1 is 1.07 bits per heavy atom. The second kappa shape index (κ2) is 7.65. The largest absolute Gasteiger partial charge is 0.339 e. The molecule has 2 amide bonds. The monoisotopic (exact) mass is 394 g/mol. The van der Waals surface area contributed by atoms with Gasteiger partial charge >= 0.3 is 0 Å². The first-order valence-electron chi connectivity index (χ1n) is 10.6. The predicted octanol–water partition coefficient (Wildman–Crippen LogP) is 3.49. The lowest BCUT2D eigenvalue weighted by Crippen LogP contribution is -2.50. The number of carbonyl (C=O) groups excluding carboxylic acids is 2. The van der Waals surface area contributed by atoms with Crippen LogP contribution in [0.1, 0.15) is 72.8 Å². The van der Waals surface area contributed by atoms with E-state index in [1.807, 2.05) is 20.5 Å². The Bertz CT molecular complexity index is 934. The molecule has 1 aromatic carbocycles. The highest BCUT2D eigenvalue weighted by Gasteiger charge is 2.37. The Kier molecular flexibility index (Phi) is 5.19. The van der Waals surface area contributed by atoms with Crippen LogP contribution in [0.2, 0.25) is 0 Å². The van der Waals surface area contributed by atoms with E-state index in [0.717, 1.165) is 35.5 Å². The van der Waals surface area contributed by atoms with E-state index < -0.39 is 0 Å². The maximum absolute atomic E-state index is 13.6. The van der Waals surface area contributed by atoms with Gasteiger partial charge in [-0.1, -0.05) is 26.0 Å². The second-order valence-electron chi connectivity index (χ2n) is 8.62. The van der Waals surface area contributed by atoms with Crippen molar-refractivity contribution in [3.63, 3.8) is 0 Å². The minimum atomic E-state index is 0.0673. The van der Waals surface area contributed by atoms with Gasteiger partial charge in [-0.2, -0.15) is 5.10 Å². The fraction of sp³-hybridized carbons (Fsp3) is 0.522. The number of hydrogen-bond acceptors (Lipinski definition) is 3. The molecule has 2 aromatic rings. The van der Waals surface area contributed by atoms with Crippen LogP contribution in [0.25, 0.3) is 5.69 Å². The highest BCUT2D eigenvalue weighted by molar-refractivity contribution is 5.97. The first-order valence-corrected chi connectivity index (χ1v) is 10.6. The molecular weight excluding hydrogens is 364 g/mol. The number of aromatic nitrogens is 2. The normalized spacial score (nSPS) is 17.1. The average molecular weight is 395 g/mol. The summed E-state index contributed by atoms with van der Waals surface area (Å²) >= 11 is 0. The molecule has 4 rings (SSSR count). The average Bonchev–Trinajstić information content (AvgIpc) is 3.46. The molecule has 0 spiro atoms. The summed E-state index contributed by atoms with van der Waals surface area (Å²) in [6.07, 6.45) is 2.20. The summed E-state index contributed by atoms with van der Waals surface area (Å²) in [6, 6.07) is 8.29. The molecule has 0 atom stereocenters. The third-order valence-corrected chi connectivity index (χ3v) is 5.93. The van der Waals surface area contributed by atoms with Crippen molar-refractivity contribution >= 4 is 11.8 Å². The van der Waals surface area contributed by atoms with Gasteiger partial charge in [-0.15, -0.1) is 0 Å². The van der Waals surface area contributed by atoms with Crippen molar-refractivity contribution in [1.29, 1.82) is 0 Å². The summed E-state index contributed by atoms with van der Waals surface area (Å²) in [5.74, 6) is 0.701. The van der Waals surface area contributed by atoms with Crippen LogP contribution in [0.4, 0.5) is 0 Å². The van der Waals surface area contributed by atoms with Crippen molar-refractivity contribution < 1.29 is 9.59 Å². The van der Waals surface area contributed by atoms with E-state index in [4.69, 9.17) is 5.10 Å². The lowest BCUT2D eigenvalue weighted by Gasteiger charge is -2.34. The van der Waals surface area contributed by atoms with Crippen molar-refractivity contribution in [3.05, 3.63) is 46.8 Å². The molecule has 6 nitrogen and oxygen atoms in total. The molecule has 1 aliphatic carbocycles. The first kappa shape index (κ1) is 19.7. The van der Waals surface area contributed by atoms with Crippen molar-refractivity contribution in [3.8, 4) is 5.69 Å². The number of rotatable bonds is 4. The van der Waals surface area contributed by atoms with E-state index >= 15 is 0 Å². The smallest absolute Gasteiger partial charge is 0.257 e. The molecule has 2 fully saturated rings. The van der Waals surface area contributed by atoms with Gasteiger partial charge in [0.1, 0.15) is 0 Å². The van der Waals surface area contributed by atoms with Gasteiger partial charge in [0.15, 0.2) is 0 Å². The second-order valence-corrected chi connectivity index (χ2v) is 8.62. The Balaban J connectivity index is 1.74. The number of hydrogen-bond donors (Lipinski definition) is 0. The Morgan fingerprint density at radius 3 is 2.28 bits per heavy atom. The molecule has 1 aromatic heterocycles. The minimum Gasteiger partial charge on any atom is -0.339 e. The molecule has 6 heteroatoms. The van der Waals surface area contributed by atoms with Crippen LogP contribution in [0.5, 0.6) is 0 Å². The number of aryl methyl sites for hydroxylation is 1. The molecule has 2 heterocycles. The van der Waals surface area contributed by atoms with Gasteiger partial charge in [-0.05, 0) is 43.4 Å². The third kappa shape index (κ3) is 3.80. The summed E-state index contributed by atoms with van der Waals surface area (Å²) in [4.78, 5) is 29.0. The fourth-order valence-corrected chi connectivity index (χ4v) is 4.18. The maximum Gasteiger partial charge on any atom is 0.257 e. The molecule has 0 N–H and O–H groups in total. The molecule has 1 saturated heterocycles. The van der Waals surface area contributed by atoms with E-state index in [0.29, 0.717) is 32.1 Å². The number of nitrogens with zero attached hydrogens (tertiary/aromatic N) is 4. The molecule has 2 aliphatic rings. The molecule has 0 unspecified atom stereocenters. The highest BCUT2D eigenvalue weighted by Crippen LogP contribution is 2.43. The zero-order valence-corrected chi connectivity index (χ0v) is 17.8. The van der Waals surface area contributed by atoms with Crippen molar-refractivity contribution in [2.45, 2.75) is 52.4 Å². The summed E-state index contributed by atoms with van der Waals surface area (Å²) in [5, 5.41) is 4.97. The summed E-state index contributed by atoms with van der Waals surface area (Å²) < 4.78 is 1.99. The van der Waals surface area contributed by atoms with Gasteiger partial charge < -0.3 is 9.80 Å². The van der Waals surface area contributed by atoms with Gasteiger partial charge in [0.05, 0.1) is 22.6 Å². The van der Waals surface area contributed by atoms with Crippen LogP contribution in [0.3, 0.4) is 0 Å². The van der Waals surface area contributed by atoms with Gasteiger partial charge in [-0.25, -0.2) is 4.68 Å². The maximum atomic E-state index is 13.6. The SMILES string of the molecule is CC(=O)N1CCN(C(=O)c2c(C3CC3)nn(-c3cccc(C)c3)c2C(C)C)CC1. The standard InChI is InChI=1S/C23H30N4O2/c1-15(2)22-20(23(29)26-12-10-25(11-13-26)17(4)28)21(18-8-9-18)24-27(22)19-7-5-6-16(3)14-19/h5-7,14-15,18H,8-13H2,1-4H3. The van der Waals surface area contributed by atoms with Crippen LogP contribution in [0.15, 0.2) is 24.3 Å². The van der Waals surface area contributed by atoms with Crippen LogP contribution in [-0.4, -0.2) is 57.6 Å². The van der Waals surface area contributed by atoms with Crippen molar-refractivity contribution in [1.82, 2.24) is 19.6 Å². The number of amides is 2. The quantitative estimate of drug-likeness (QED) is 0.798. The zero-order valence-electron chi connectivity index (χ0n) is 17.8. The highest BCUT2D eigenvalue weighted by atomic mass is 16.2. The van der Waals surface area contributed by atoms with Crippen LogP contribution >= 0.6 is 0 Å². The summed E-state index contributed by atoms with van der Waals surface area (Å²) in [5.41, 5.74) is 4.93. The van der Waals surface area contributed by atoms with Gasteiger partial charge in [-0.3, -0.25) is 9.59 Å².